The molecule has 0 heterocycles. The van der Waals surface area contributed by atoms with E-state index in [1.807, 2.05) is 48.5 Å². The van der Waals surface area contributed by atoms with Crippen LogP contribution in [0.3, 0.4) is 0 Å². The number of nitrogens with one attached hydrogen (secondary N) is 2. The number of amides is 1. The van der Waals surface area contributed by atoms with Crippen molar-refractivity contribution in [2.24, 2.45) is 5.92 Å². The third-order valence-corrected chi connectivity index (χ3v) is 4.15. The molecule has 0 aliphatic carbocycles. The summed E-state index contributed by atoms with van der Waals surface area (Å²) >= 11 is 5.29. The number of ether oxygens (including phenoxy) is 1. The van der Waals surface area contributed by atoms with Crippen LogP contribution in [0, 0.1) is 5.92 Å². The number of hydrogen-bond donors (Lipinski definition) is 2. The normalized spacial score (nSPS) is 11.2. The van der Waals surface area contributed by atoms with Crippen molar-refractivity contribution in [2.75, 3.05) is 11.9 Å². The summed E-state index contributed by atoms with van der Waals surface area (Å²) in [4.78, 5) is 12.4. The third-order valence-electron chi connectivity index (χ3n) is 3.95. The Hall–Kier alpha value is -2.40. The standard InChI is InChI=1S/C22H28N2O2S/c1-15(2)14-26-19-9-7-6-8-18(19)23-21(27)24-20(25)16-10-12-17(13-11-16)22(3,4)5/h6-13,15H,14H2,1-5H3,(H2,23,24,25,27). The average Bonchev–Trinajstić information content (AvgIpc) is 2.60. The molecule has 5 heteroatoms. The quantitative estimate of drug-likeness (QED) is 0.700. The van der Waals surface area contributed by atoms with E-state index in [0.29, 0.717) is 23.8 Å². The monoisotopic (exact) mass is 384 g/mol. The van der Waals surface area contributed by atoms with Crippen molar-refractivity contribution in [3.05, 3.63) is 59.7 Å². The van der Waals surface area contributed by atoms with E-state index in [1.165, 1.54) is 5.56 Å². The maximum absolute atomic E-state index is 12.4. The number of rotatable bonds is 5. The molecular weight excluding hydrogens is 356 g/mol. The predicted octanol–water partition coefficient (Wildman–Crippen LogP) is 5.15. The lowest BCUT2D eigenvalue weighted by Crippen LogP contribution is -2.34. The number of carbonyl (C=O) groups is 1. The van der Waals surface area contributed by atoms with Gasteiger partial charge in [0.1, 0.15) is 5.75 Å². The Bertz CT molecular complexity index is 793. The first-order valence-electron chi connectivity index (χ1n) is 9.11. The van der Waals surface area contributed by atoms with Crippen LogP contribution in [0.15, 0.2) is 48.5 Å². The molecule has 0 atom stereocenters. The molecule has 4 nitrogen and oxygen atoms in total. The molecule has 0 aliphatic heterocycles. The molecule has 144 valence electrons. The van der Waals surface area contributed by atoms with Crippen molar-refractivity contribution in [1.82, 2.24) is 5.32 Å². The van der Waals surface area contributed by atoms with Gasteiger partial charge in [-0.1, -0.05) is 58.9 Å². The summed E-state index contributed by atoms with van der Waals surface area (Å²) in [7, 11) is 0. The molecule has 0 unspecified atom stereocenters. The summed E-state index contributed by atoms with van der Waals surface area (Å²) in [5, 5.41) is 6.00. The van der Waals surface area contributed by atoms with Gasteiger partial charge in [-0.25, -0.2) is 0 Å². The summed E-state index contributed by atoms with van der Waals surface area (Å²) in [5.74, 6) is 0.881. The lowest BCUT2D eigenvalue weighted by Gasteiger charge is -2.19. The van der Waals surface area contributed by atoms with E-state index in [2.05, 4.69) is 45.3 Å². The molecule has 0 saturated carbocycles. The van der Waals surface area contributed by atoms with E-state index in [0.717, 1.165) is 5.69 Å². The molecule has 2 aromatic carbocycles. The van der Waals surface area contributed by atoms with Crippen LogP contribution in [0.1, 0.15) is 50.5 Å². The first kappa shape index (κ1) is 20.9. The summed E-state index contributed by atoms with van der Waals surface area (Å²) in [6, 6.07) is 15.1. The van der Waals surface area contributed by atoms with Gasteiger partial charge in [-0.3, -0.25) is 10.1 Å². The van der Waals surface area contributed by atoms with Crippen LogP contribution in [-0.2, 0) is 5.41 Å². The second-order valence-corrected chi connectivity index (χ2v) is 8.34. The number of benzene rings is 2. The van der Waals surface area contributed by atoms with E-state index in [9.17, 15) is 4.79 Å². The molecule has 27 heavy (non-hydrogen) atoms. The summed E-state index contributed by atoms with van der Waals surface area (Å²) in [6.45, 7) is 11.2. The SMILES string of the molecule is CC(C)COc1ccccc1NC(=S)NC(=O)c1ccc(C(C)(C)C)cc1. The van der Waals surface area contributed by atoms with E-state index >= 15 is 0 Å². The molecular formula is C22H28N2O2S. The highest BCUT2D eigenvalue weighted by Gasteiger charge is 2.15. The van der Waals surface area contributed by atoms with E-state index in [1.54, 1.807) is 0 Å². The van der Waals surface area contributed by atoms with E-state index in [-0.39, 0.29) is 16.4 Å². The van der Waals surface area contributed by atoms with Crippen molar-refractivity contribution in [1.29, 1.82) is 0 Å². The maximum atomic E-state index is 12.4. The van der Waals surface area contributed by atoms with Gasteiger partial charge >= 0.3 is 0 Å². The maximum Gasteiger partial charge on any atom is 0.257 e. The van der Waals surface area contributed by atoms with Crippen molar-refractivity contribution in [3.8, 4) is 5.75 Å². The lowest BCUT2D eigenvalue weighted by atomic mass is 9.87. The Morgan fingerprint density at radius 2 is 1.70 bits per heavy atom. The summed E-state index contributed by atoms with van der Waals surface area (Å²) < 4.78 is 5.80. The minimum Gasteiger partial charge on any atom is -0.491 e. The zero-order chi connectivity index (χ0) is 20.0. The van der Waals surface area contributed by atoms with E-state index < -0.39 is 0 Å². The van der Waals surface area contributed by atoms with Gasteiger partial charge in [0.15, 0.2) is 5.11 Å². The van der Waals surface area contributed by atoms with Crippen molar-refractivity contribution < 1.29 is 9.53 Å². The van der Waals surface area contributed by atoms with Crippen LogP contribution in [0.2, 0.25) is 0 Å². The zero-order valence-corrected chi connectivity index (χ0v) is 17.4. The Kier molecular flexibility index (Phi) is 6.97. The fourth-order valence-corrected chi connectivity index (χ4v) is 2.61. The Morgan fingerprint density at radius 1 is 1.07 bits per heavy atom. The first-order chi connectivity index (χ1) is 12.7. The molecule has 0 bridgehead atoms. The molecule has 2 rings (SSSR count). The second kappa shape index (κ2) is 9.00. The highest BCUT2D eigenvalue weighted by Crippen LogP contribution is 2.24. The Morgan fingerprint density at radius 3 is 2.30 bits per heavy atom. The summed E-state index contributed by atoms with van der Waals surface area (Å²) in [6.07, 6.45) is 0. The highest BCUT2D eigenvalue weighted by molar-refractivity contribution is 7.80. The largest absolute Gasteiger partial charge is 0.491 e. The third kappa shape index (κ3) is 6.36. The molecule has 0 saturated heterocycles. The summed E-state index contributed by atoms with van der Waals surface area (Å²) in [5.41, 5.74) is 2.52. The second-order valence-electron chi connectivity index (χ2n) is 7.94. The van der Waals surface area contributed by atoms with Crippen molar-refractivity contribution >= 4 is 28.9 Å². The lowest BCUT2D eigenvalue weighted by molar-refractivity contribution is 0.0977. The van der Waals surface area contributed by atoms with Gasteiger partial charge in [0.05, 0.1) is 12.3 Å². The van der Waals surface area contributed by atoms with Crippen LogP contribution in [0.25, 0.3) is 0 Å². The Balaban J connectivity index is 2.00. The molecule has 0 fully saturated rings. The smallest absolute Gasteiger partial charge is 0.257 e. The molecule has 0 aliphatic rings. The van der Waals surface area contributed by atoms with Gasteiger partial charge in [-0.2, -0.15) is 0 Å². The molecule has 1 amide bonds. The number of thiocarbonyl (C=S) groups is 1. The molecule has 0 aromatic heterocycles. The first-order valence-corrected chi connectivity index (χ1v) is 9.52. The van der Waals surface area contributed by atoms with Gasteiger partial charge in [0.2, 0.25) is 0 Å². The van der Waals surface area contributed by atoms with Crippen LogP contribution < -0.4 is 15.4 Å². The van der Waals surface area contributed by atoms with Gasteiger partial charge in [0, 0.05) is 5.56 Å². The van der Waals surface area contributed by atoms with Crippen LogP contribution in [0.4, 0.5) is 5.69 Å². The van der Waals surface area contributed by atoms with Crippen LogP contribution in [-0.4, -0.2) is 17.6 Å². The Labute approximate surface area is 167 Å². The van der Waals surface area contributed by atoms with E-state index in [4.69, 9.17) is 17.0 Å². The molecule has 0 radical (unpaired) electrons. The average molecular weight is 385 g/mol. The minimum absolute atomic E-state index is 0.0472. The molecule has 0 spiro atoms. The van der Waals surface area contributed by atoms with Gasteiger partial charge in [-0.15, -0.1) is 0 Å². The topological polar surface area (TPSA) is 50.4 Å². The van der Waals surface area contributed by atoms with Crippen LogP contribution in [0.5, 0.6) is 5.75 Å². The molecule has 2 N–H and O–H groups in total. The van der Waals surface area contributed by atoms with Crippen molar-refractivity contribution in [2.45, 2.75) is 40.0 Å². The number of para-hydroxylation sites is 2. The number of anilines is 1. The fourth-order valence-electron chi connectivity index (χ4n) is 2.40. The molecule has 2 aromatic rings. The minimum atomic E-state index is -0.242. The van der Waals surface area contributed by atoms with Gasteiger partial charge < -0.3 is 10.1 Å². The van der Waals surface area contributed by atoms with Crippen LogP contribution >= 0.6 is 12.2 Å². The zero-order valence-electron chi connectivity index (χ0n) is 16.6. The number of hydrogen-bond acceptors (Lipinski definition) is 3. The van der Waals surface area contributed by atoms with Gasteiger partial charge in [0.25, 0.3) is 5.91 Å². The highest BCUT2D eigenvalue weighted by atomic mass is 32.1. The van der Waals surface area contributed by atoms with Crippen molar-refractivity contribution in [3.63, 3.8) is 0 Å². The fraction of sp³-hybridized carbons (Fsp3) is 0.364. The number of carbonyl (C=O) groups excluding carboxylic acids is 1. The predicted molar refractivity (Wildman–Crippen MR) is 116 cm³/mol. The van der Waals surface area contributed by atoms with Gasteiger partial charge in [-0.05, 0) is 53.4 Å².